The fourth-order valence-electron chi connectivity index (χ4n) is 6.93. The molecule has 36 heavy (non-hydrogen) atoms. The van der Waals surface area contributed by atoms with Crippen LogP contribution in [0.25, 0.3) is 0 Å². The van der Waals surface area contributed by atoms with E-state index in [1.165, 1.54) is 4.90 Å². The Balaban J connectivity index is 1.95. The number of nitrogens with zero attached hydrogens (tertiary/aromatic N) is 2. The number of rotatable bonds is 7. The summed E-state index contributed by atoms with van der Waals surface area (Å²) in [6.45, 7) is 16.4. The Kier molecular flexibility index (Phi) is 7.02. The lowest BCUT2D eigenvalue weighted by Gasteiger charge is -2.40. The van der Waals surface area contributed by atoms with Crippen molar-refractivity contribution in [2.24, 2.45) is 45.1 Å². The topological polar surface area (TPSA) is 145 Å². The molecule has 2 aliphatic heterocycles. The summed E-state index contributed by atoms with van der Waals surface area (Å²) in [5.41, 5.74) is 3.87. The normalized spacial score (nSPS) is 30.6. The minimum absolute atomic E-state index is 0.0717. The minimum atomic E-state index is -0.983. The minimum Gasteiger partial charge on any atom is -0.368 e. The summed E-state index contributed by atoms with van der Waals surface area (Å²) in [6, 6.07) is 0.559. The maximum Gasteiger partial charge on any atom is 0.246 e. The number of likely N-dealkylation sites (tertiary alicyclic amines) is 1. The van der Waals surface area contributed by atoms with E-state index in [9.17, 15) is 24.4 Å². The van der Waals surface area contributed by atoms with Gasteiger partial charge in [-0.05, 0) is 35.0 Å². The molecule has 3 aliphatic rings. The van der Waals surface area contributed by atoms with Crippen LogP contribution in [-0.2, 0) is 19.2 Å². The molecule has 0 aromatic heterocycles. The Morgan fingerprint density at radius 1 is 1.22 bits per heavy atom. The van der Waals surface area contributed by atoms with Gasteiger partial charge >= 0.3 is 0 Å². The van der Waals surface area contributed by atoms with Gasteiger partial charge in [0.25, 0.3) is 0 Å². The number of nitriles is 1. The number of hydrogen-bond donors (Lipinski definition) is 3. The van der Waals surface area contributed by atoms with Crippen molar-refractivity contribution in [2.45, 2.75) is 86.7 Å². The highest BCUT2D eigenvalue weighted by molar-refractivity contribution is 5.94. The highest BCUT2D eigenvalue weighted by atomic mass is 16.2. The van der Waals surface area contributed by atoms with Crippen LogP contribution >= 0.6 is 0 Å². The first-order chi connectivity index (χ1) is 16.4. The molecule has 3 unspecified atom stereocenters. The molecule has 9 heteroatoms. The second-order valence-electron chi connectivity index (χ2n) is 13.8. The Morgan fingerprint density at radius 3 is 2.28 bits per heavy atom. The SMILES string of the molecule is CC(C)(C)CC(=O)N[C@H](C(=O)N1CC2C(C)(C)C2([C@@H](C#N)C[C@H]2CCNC2=O)C1C(N)=O)C(C)(C)C. The van der Waals surface area contributed by atoms with Crippen LogP contribution < -0.4 is 16.4 Å². The van der Waals surface area contributed by atoms with Gasteiger partial charge in [-0.3, -0.25) is 19.2 Å². The third-order valence-corrected chi connectivity index (χ3v) is 8.70. The summed E-state index contributed by atoms with van der Waals surface area (Å²) in [7, 11) is 0. The van der Waals surface area contributed by atoms with E-state index >= 15 is 0 Å². The average Bonchev–Trinajstić information content (AvgIpc) is 3.08. The highest BCUT2D eigenvalue weighted by Gasteiger charge is 2.83. The molecule has 6 atom stereocenters. The first kappa shape index (κ1) is 27.9. The van der Waals surface area contributed by atoms with Gasteiger partial charge in [0.15, 0.2) is 0 Å². The third-order valence-electron chi connectivity index (χ3n) is 8.70. The standard InChI is InChI=1S/C27H43N5O4/c1-24(2,3)12-18(33)31-19(25(4,5)6)23(36)32-14-17-26(7,8)27(17,20(32)21(29)34)16(13-28)11-15-9-10-30-22(15)35/h15-17,19-20H,9-12,14H2,1-8H3,(H2,29,34)(H,30,35)(H,31,33)/t15-,16-,17?,19-,20?,27?/m1/s1. The Labute approximate surface area is 214 Å². The van der Waals surface area contributed by atoms with Crippen molar-refractivity contribution in [1.82, 2.24) is 15.5 Å². The van der Waals surface area contributed by atoms with Gasteiger partial charge in [0, 0.05) is 30.8 Å². The van der Waals surface area contributed by atoms with Gasteiger partial charge in [0.05, 0.1) is 12.0 Å². The zero-order valence-electron chi connectivity index (χ0n) is 23.0. The van der Waals surface area contributed by atoms with Crippen LogP contribution in [0.15, 0.2) is 0 Å². The van der Waals surface area contributed by atoms with E-state index in [4.69, 9.17) is 5.73 Å². The van der Waals surface area contributed by atoms with Crippen molar-refractivity contribution in [2.75, 3.05) is 13.1 Å². The first-order valence-electron chi connectivity index (χ1n) is 13.0. The van der Waals surface area contributed by atoms with Crippen molar-refractivity contribution in [1.29, 1.82) is 5.26 Å². The quantitative estimate of drug-likeness (QED) is 0.488. The maximum absolute atomic E-state index is 14.0. The molecule has 4 N–H and O–H groups in total. The molecule has 0 aromatic rings. The molecule has 2 saturated heterocycles. The van der Waals surface area contributed by atoms with Crippen LogP contribution in [0.3, 0.4) is 0 Å². The smallest absolute Gasteiger partial charge is 0.246 e. The van der Waals surface area contributed by atoms with Crippen LogP contribution in [0.2, 0.25) is 0 Å². The average molecular weight is 502 g/mol. The molecular formula is C27H43N5O4. The van der Waals surface area contributed by atoms with E-state index in [1.807, 2.05) is 55.4 Å². The van der Waals surface area contributed by atoms with Gasteiger partial charge in [-0.25, -0.2) is 0 Å². The number of carbonyl (C=O) groups is 4. The van der Waals surface area contributed by atoms with E-state index in [-0.39, 0.29) is 47.9 Å². The third kappa shape index (κ3) is 4.59. The first-order valence-corrected chi connectivity index (χ1v) is 13.0. The van der Waals surface area contributed by atoms with Crippen molar-refractivity contribution in [3.05, 3.63) is 0 Å². The predicted octanol–water partition coefficient (Wildman–Crippen LogP) is 1.96. The molecule has 0 aromatic carbocycles. The lowest BCUT2D eigenvalue weighted by molar-refractivity contribution is -0.146. The summed E-state index contributed by atoms with van der Waals surface area (Å²) >= 11 is 0. The Hall–Kier alpha value is -2.63. The molecular weight excluding hydrogens is 458 g/mol. The molecule has 0 radical (unpaired) electrons. The second-order valence-corrected chi connectivity index (χ2v) is 13.8. The second kappa shape index (κ2) is 9.04. The van der Waals surface area contributed by atoms with Gasteiger partial charge in [0.1, 0.15) is 12.1 Å². The number of amides is 4. The van der Waals surface area contributed by atoms with Crippen molar-refractivity contribution < 1.29 is 19.2 Å². The number of piperidine rings is 1. The number of nitrogens with two attached hydrogens (primary N) is 1. The van der Waals surface area contributed by atoms with E-state index in [0.717, 1.165) is 0 Å². The highest BCUT2D eigenvalue weighted by Crippen LogP contribution is 2.78. The molecule has 1 saturated carbocycles. The van der Waals surface area contributed by atoms with Crippen LogP contribution in [0.1, 0.15) is 74.7 Å². The number of hydrogen-bond acceptors (Lipinski definition) is 5. The van der Waals surface area contributed by atoms with Crippen LogP contribution in [0.5, 0.6) is 0 Å². The fraction of sp³-hybridized carbons (Fsp3) is 0.815. The van der Waals surface area contributed by atoms with Gasteiger partial charge in [-0.15, -0.1) is 0 Å². The molecule has 3 rings (SSSR count). The molecule has 2 heterocycles. The van der Waals surface area contributed by atoms with Crippen molar-refractivity contribution >= 4 is 23.6 Å². The summed E-state index contributed by atoms with van der Waals surface area (Å²) in [5, 5.41) is 16.0. The number of nitrogens with one attached hydrogen (secondary N) is 2. The zero-order chi connectivity index (χ0) is 27.4. The summed E-state index contributed by atoms with van der Waals surface area (Å²) in [4.78, 5) is 53.6. The van der Waals surface area contributed by atoms with Crippen LogP contribution in [0.4, 0.5) is 0 Å². The van der Waals surface area contributed by atoms with Crippen LogP contribution in [-0.4, -0.2) is 53.7 Å². The molecule has 0 bridgehead atoms. The molecule has 0 spiro atoms. The van der Waals surface area contributed by atoms with E-state index < -0.39 is 40.2 Å². The lowest BCUT2D eigenvalue weighted by Crippen LogP contribution is -2.60. The van der Waals surface area contributed by atoms with Gasteiger partial charge in [0.2, 0.25) is 23.6 Å². The van der Waals surface area contributed by atoms with Crippen molar-refractivity contribution in [3.8, 4) is 6.07 Å². The van der Waals surface area contributed by atoms with Gasteiger partial charge in [-0.1, -0.05) is 55.4 Å². The Bertz CT molecular complexity index is 986. The molecule has 4 amide bonds. The van der Waals surface area contributed by atoms with Gasteiger partial charge in [-0.2, -0.15) is 5.26 Å². The van der Waals surface area contributed by atoms with E-state index in [1.54, 1.807) is 0 Å². The molecule has 1 aliphatic carbocycles. The maximum atomic E-state index is 14.0. The van der Waals surface area contributed by atoms with Gasteiger partial charge < -0.3 is 21.3 Å². The van der Waals surface area contributed by atoms with E-state index in [0.29, 0.717) is 19.4 Å². The fourth-order valence-corrected chi connectivity index (χ4v) is 6.93. The predicted molar refractivity (Wildman–Crippen MR) is 135 cm³/mol. The van der Waals surface area contributed by atoms with E-state index in [2.05, 4.69) is 16.7 Å². The summed E-state index contributed by atoms with van der Waals surface area (Å²) in [5.74, 6) is -2.31. The largest absolute Gasteiger partial charge is 0.368 e. The number of primary amides is 1. The molecule has 9 nitrogen and oxygen atoms in total. The van der Waals surface area contributed by atoms with Crippen molar-refractivity contribution in [3.63, 3.8) is 0 Å². The summed E-state index contributed by atoms with van der Waals surface area (Å²) in [6.07, 6.45) is 1.23. The summed E-state index contributed by atoms with van der Waals surface area (Å²) < 4.78 is 0. The number of carbonyl (C=O) groups excluding carboxylic acids is 4. The van der Waals surface area contributed by atoms with Crippen LogP contribution in [0, 0.1) is 50.7 Å². The molecule has 200 valence electrons. The monoisotopic (exact) mass is 501 g/mol. The Morgan fingerprint density at radius 2 is 1.83 bits per heavy atom. The molecule has 3 fully saturated rings. The lowest BCUT2D eigenvalue weighted by atomic mass is 9.73. The zero-order valence-corrected chi connectivity index (χ0v) is 23.0. The number of fused-ring (bicyclic) bond motifs is 1.